The van der Waals surface area contributed by atoms with E-state index in [1.807, 2.05) is 12.3 Å². The van der Waals surface area contributed by atoms with E-state index in [1.165, 1.54) is 16.1 Å². The molecule has 0 saturated carbocycles. The van der Waals surface area contributed by atoms with Gasteiger partial charge in [0.15, 0.2) is 11.5 Å². The van der Waals surface area contributed by atoms with Crippen LogP contribution >= 0.6 is 33.9 Å². The molecular weight excluding hydrogens is 404 g/mol. The summed E-state index contributed by atoms with van der Waals surface area (Å²) in [4.78, 5) is 0. The zero-order chi connectivity index (χ0) is 15.4. The van der Waals surface area contributed by atoms with Crippen molar-refractivity contribution in [3.8, 4) is 11.5 Å². The van der Waals surface area contributed by atoms with E-state index >= 15 is 0 Å². The molecule has 1 atom stereocenters. The minimum absolute atomic E-state index is 0.199. The average molecular weight is 421 g/mol. The number of methoxy groups -OCH3 is 2. The fourth-order valence-corrected chi connectivity index (χ4v) is 3.58. The van der Waals surface area contributed by atoms with Gasteiger partial charge in [-0.05, 0) is 52.2 Å². The zero-order valence-corrected chi connectivity index (χ0v) is 15.0. The van der Waals surface area contributed by atoms with Crippen LogP contribution in [0.2, 0.25) is 0 Å². The molecule has 1 aromatic carbocycles. The number of nitrogens with one attached hydrogen (secondary N) is 1. The number of benzene rings is 1. The highest BCUT2D eigenvalue weighted by Crippen LogP contribution is 2.35. The second-order valence-corrected chi connectivity index (χ2v) is 7.21. The predicted molar refractivity (Wildman–Crippen MR) is 92.1 cm³/mol. The number of halogens is 2. The maximum absolute atomic E-state index is 14.4. The van der Waals surface area contributed by atoms with Crippen molar-refractivity contribution in [2.75, 3.05) is 20.8 Å². The van der Waals surface area contributed by atoms with Gasteiger partial charge in [0.2, 0.25) is 0 Å². The number of ether oxygens (including phenoxy) is 2. The Labute approximate surface area is 141 Å². The molecule has 0 aliphatic rings. The maximum atomic E-state index is 14.4. The fourth-order valence-electron chi connectivity index (χ4n) is 2.18. The highest BCUT2D eigenvalue weighted by atomic mass is 127. The molecule has 21 heavy (non-hydrogen) atoms. The number of thiophene rings is 1. The van der Waals surface area contributed by atoms with Crippen LogP contribution in [0.15, 0.2) is 23.6 Å². The molecule has 2 rings (SSSR count). The second-order valence-electron chi connectivity index (χ2n) is 4.40. The van der Waals surface area contributed by atoms with Crippen molar-refractivity contribution >= 4 is 33.9 Å². The van der Waals surface area contributed by atoms with E-state index in [4.69, 9.17) is 9.47 Å². The third-order valence-electron chi connectivity index (χ3n) is 3.14. The Balaban J connectivity index is 2.49. The Morgan fingerprint density at radius 2 is 1.90 bits per heavy atom. The van der Waals surface area contributed by atoms with Gasteiger partial charge in [-0.25, -0.2) is 4.39 Å². The van der Waals surface area contributed by atoms with Gasteiger partial charge in [-0.15, -0.1) is 11.3 Å². The number of rotatable bonds is 6. The molecule has 0 aliphatic heterocycles. The van der Waals surface area contributed by atoms with E-state index in [-0.39, 0.29) is 11.9 Å². The molecule has 2 aromatic rings. The monoisotopic (exact) mass is 421 g/mol. The first-order chi connectivity index (χ1) is 10.1. The van der Waals surface area contributed by atoms with E-state index in [2.05, 4.69) is 34.0 Å². The summed E-state index contributed by atoms with van der Waals surface area (Å²) in [6.45, 7) is 2.74. The SMILES string of the molecule is CCNC(c1csc(I)c1)c1cc(OC)c(OC)cc1F. The van der Waals surface area contributed by atoms with Crippen LogP contribution in [-0.2, 0) is 0 Å². The molecule has 0 bridgehead atoms. The van der Waals surface area contributed by atoms with Crippen molar-refractivity contribution in [1.82, 2.24) is 5.32 Å². The molecule has 0 amide bonds. The van der Waals surface area contributed by atoms with Gasteiger partial charge in [0.1, 0.15) is 5.82 Å². The normalized spacial score (nSPS) is 12.2. The van der Waals surface area contributed by atoms with E-state index in [0.29, 0.717) is 17.1 Å². The fraction of sp³-hybridized carbons (Fsp3) is 0.333. The Kier molecular flexibility index (Phi) is 5.83. The smallest absolute Gasteiger partial charge is 0.163 e. The highest BCUT2D eigenvalue weighted by Gasteiger charge is 2.21. The van der Waals surface area contributed by atoms with Crippen LogP contribution in [0.5, 0.6) is 11.5 Å². The molecule has 0 fully saturated rings. The summed E-state index contributed by atoms with van der Waals surface area (Å²) >= 11 is 3.91. The average Bonchev–Trinajstić information content (AvgIpc) is 2.91. The highest BCUT2D eigenvalue weighted by molar-refractivity contribution is 14.1. The first-order valence-electron chi connectivity index (χ1n) is 6.49. The van der Waals surface area contributed by atoms with Crippen LogP contribution in [0.3, 0.4) is 0 Å². The number of hydrogen-bond acceptors (Lipinski definition) is 4. The molecular formula is C15H17FINO2S. The summed E-state index contributed by atoms with van der Waals surface area (Å²) in [7, 11) is 3.05. The van der Waals surface area contributed by atoms with Crippen LogP contribution in [0, 0.1) is 8.70 Å². The molecule has 1 aromatic heterocycles. The molecule has 1 heterocycles. The van der Waals surface area contributed by atoms with Gasteiger partial charge >= 0.3 is 0 Å². The van der Waals surface area contributed by atoms with Gasteiger partial charge in [0, 0.05) is 11.6 Å². The molecule has 114 valence electrons. The lowest BCUT2D eigenvalue weighted by Gasteiger charge is -2.20. The first kappa shape index (κ1) is 16.5. The third-order valence-corrected chi connectivity index (χ3v) is 4.95. The Hall–Kier alpha value is -0.860. The lowest BCUT2D eigenvalue weighted by Crippen LogP contribution is -2.22. The summed E-state index contributed by atoms with van der Waals surface area (Å²) in [5, 5.41) is 5.37. The minimum atomic E-state index is -0.306. The minimum Gasteiger partial charge on any atom is -0.493 e. The lowest BCUT2D eigenvalue weighted by molar-refractivity contribution is 0.351. The molecule has 0 aliphatic carbocycles. The summed E-state index contributed by atoms with van der Waals surface area (Å²) in [5.41, 5.74) is 1.61. The topological polar surface area (TPSA) is 30.5 Å². The summed E-state index contributed by atoms with van der Waals surface area (Å²) in [6, 6.07) is 4.94. The Morgan fingerprint density at radius 1 is 1.24 bits per heavy atom. The van der Waals surface area contributed by atoms with Gasteiger partial charge in [-0.2, -0.15) is 0 Å². The Bertz CT molecular complexity index is 618. The summed E-state index contributed by atoms with van der Waals surface area (Å²) < 4.78 is 26.0. The predicted octanol–water partition coefficient (Wildman–Crippen LogP) is 4.21. The van der Waals surface area contributed by atoms with E-state index in [9.17, 15) is 4.39 Å². The molecule has 3 nitrogen and oxygen atoms in total. The molecule has 6 heteroatoms. The lowest BCUT2D eigenvalue weighted by atomic mass is 10.00. The summed E-state index contributed by atoms with van der Waals surface area (Å²) in [6.07, 6.45) is 0. The molecule has 1 unspecified atom stereocenters. The first-order valence-corrected chi connectivity index (χ1v) is 8.45. The molecule has 1 N–H and O–H groups in total. The van der Waals surface area contributed by atoms with Crippen molar-refractivity contribution in [1.29, 1.82) is 0 Å². The Morgan fingerprint density at radius 3 is 2.43 bits per heavy atom. The van der Waals surface area contributed by atoms with Crippen molar-refractivity contribution in [3.63, 3.8) is 0 Å². The second kappa shape index (κ2) is 7.42. The third kappa shape index (κ3) is 3.67. The van der Waals surface area contributed by atoms with Crippen molar-refractivity contribution in [2.45, 2.75) is 13.0 Å². The van der Waals surface area contributed by atoms with Crippen LogP contribution in [0.4, 0.5) is 4.39 Å². The van der Waals surface area contributed by atoms with Crippen molar-refractivity contribution in [3.05, 3.63) is 43.4 Å². The largest absolute Gasteiger partial charge is 0.493 e. The van der Waals surface area contributed by atoms with Gasteiger partial charge in [0.25, 0.3) is 0 Å². The van der Waals surface area contributed by atoms with Crippen molar-refractivity contribution in [2.24, 2.45) is 0 Å². The van der Waals surface area contributed by atoms with Crippen LogP contribution in [-0.4, -0.2) is 20.8 Å². The van der Waals surface area contributed by atoms with Gasteiger partial charge in [-0.1, -0.05) is 6.92 Å². The van der Waals surface area contributed by atoms with E-state index in [0.717, 1.165) is 12.1 Å². The summed E-state index contributed by atoms with van der Waals surface area (Å²) in [5.74, 6) is 0.621. The molecule has 0 spiro atoms. The molecule has 0 saturated heterocycles. The van der Waals surface area contributed by atoms with Gasteiger partial charge < -0.3 is 14.8 Å². The van der Waals surface area contributed by atoms with Gasteiger partial charge in [0.05, 0.1) is 23.1 Å². The maximum Gasteiger partial charge on any atom is 0.163 e. The number of hydrogen-bond donors (Lipinski definition) is 1. The van der Waals surface area contributed by atoms with Gasteiger partial charge in [-0.3, -0.25) is 0 Å². The van der Waals surface area contributed by atoms with Crippen LogP contribution in [0.1, 0.15) is 24.1 Å². The van der Waals surface area contributed by atoms with Crippen molar-refractivity contribution < 1.29 is 13.9 Å². The van der Waals surface area contributed by atoms with Crippen LogP contribution in [0.25, 0.3) is 0 Å². The van der Waals surface area contributed by atoms with E-state index < -0.39 is 0 Å². The standard InChI is InChI=1S/C15H17FINO2S/c1-4-18-15(9-5-14(17)21-8-9)10-6-12(19-2)13(20-3)7-11(10)16/h5-8,15,18H,4H2,1-3H3. The zero-order valence-electron chi connectivity index (χ0n) is 12.1. The molecule has 0 radical (unpaired) electrons. The van der Waals surface area contributed by atoms with Crippen LogP contribution < -0.4 is 14.8 Å². The van der Waals surface area contributed by atoms with E-state index in [1.54, 1.807) is 24.5 Å². The quantitative estimate of drug-likeness (QED) is 0.710.